The molecule has 11 nitrogen and oxygen atoms in total. The average molecular weight is 643 g/mol. The van der Waals surface area contributed by atoms with Crippen molar-refractivity contribution in [2.24, 2.45) is 5.73 Å². The highest BCUT2D eigenvalue weighted by molar-refractivity contribution is 8.00. The molecule has 0 bridgehead atoms. The lowest BCUT2D eigenvalue weighted by atomic mass is 10.0. The lowest BCUT2D eigenvalue weighted by Gasteiger charge is -2.49. The zero-order valence-electron chi connectivity index (χ0n) is 21.6. The van der Waals surface area contributed by atoms with Gasteiger partial charge in [-0.05, 0) is 36.8 Å². The van der Waals surface area contributed by atoms with E-state index in [4.69, 9.17) is 55.4 Å². The Hall–Kier alpha value is -3.32. The zero-order chi connectivity index (χ0) is 29.8. The molecule has 41 heavy (non-hydrogen) atoms. The van der Waals surface area contributed by atoms with E-state index in [0.29, 0.717) is 27.8 Å². The number of nitrogens with zero attached hydrogens (tertiary/aromatic N) is 1. The number of fused-ring (bicyclic) bond motifs is 1. The highest BCUT2D eigenvalue weighted by Gasteiger charge is 2.54. The smallest absolute Gasteiger partial charge is 0.352 e. The summed E-state index contributed by atoms with van der Waals surface area (Å²) in [7, 11) is 0. The van der Waals surface area contributed by atoms with Gasteiger partial charge in [-0.15, -0.1) is 11.8 Å². The van der Waals surface area contributed by atoms with Gasteiger partial charge in [-0.2, -0.15) is 0 Å². The number of hydrogen-bond acceptors (Lipinski definition) is 7. The van der Waals surface area contributed by atoms with Crippen LogP contribution in [0.1, 0.15) is 19.8 Å². The van der Waals surface area contributed by atoms with E-state index in [1.54, 1.807) is 24.3 Å². The van der Waals surface area contributed by atoms with Crippen LogP contribution in [0, 0.1) is 5.41 Å². The molecule has 2 aliphatic heterocycles. The van der Waals surface area contributed by atoms with Crippen LogP contribution in [-0.2, 0) is 14.4 Å². The second-order valence-electron chi connectivity index (χ2n) is 9.14. The molecule has 2 amide bonds. The number of guanidine groups is 1. The fraction of sp³-hybridized carbons (Fsp3) is 0.308. The molecule has 0 spiro atoms. The molecule has 2 heterocycles. The number of hydrogen-bond donors (Lipinski definition) is 5. The maximum absolute atomic E-state index is 13.0. The van der Waals surface area contributed by atoms with Gasteiger partial charge in [0.1, 0.15) is 29.5 Å². The van der Waals surface area contributed by atoms with Gasteiger partial charge in [0, 0.05) is 39.9 Å². The Balaban J connectivity index is 1.47. The standard InChI is InChI=1S/C26H26Cl3N5O6S/c1-2-15(32-26(30)31)9-20(35)33-21-23(36)34-22(25(37)38)12(11-41-24(21)34)10-39-19-8-14(28)4-6-18(19)40-17-5-3-13(27)7-16(17)29/h3-8,15,21,24H,2,9-11H2,1H3,(H,33,35)(H,37,38)(H4,30,31,32)/t15?,21?,24-/m1/s1. The molecule has 0 saturated carbocycles. The molecule has 218 valence electrons. The van der Waals surface area contributed by atoms with Crippen LogP contribution in [0.2, 0.25) is 15.1 Å². The minimum atomic E-state index is -1.29. The number of carboxylic acid groups (broad SMARTS) is 1. The third-order valence-corrected chi connectivity index (χ3v) is 8.38. The normalized spacial score (nSPS) is 18.6. The number of nitrogens with one attached hydrogen (secondary N) is 3. The van der Waals surface area contributed by atoms with Crippen molar-refractivity contribution in [1.29, 1.82) is 5.41 Å². The molecule has 3 atom stereocenters. The molecule has 1 fully saturated rings. The van der Waals surface area contributed by atoms with Crippen molar-refractivity contribution < 1.29 is 29.0 Å². The Kier molecular flexibility index (Phi) is 9.80. The van der Waals surface area contributed by atoms with Gasteiger partial charge in [-0.25, -0.2) is 4.79 Å². The van der Waals surface area contributed by atoms with Crippen molar-refractivity contribution in [2.75, 3.05) is 12.4 Å². The summed E-state index contributed by atoms with van der Waals surface area (Å²) in [6, 6.07) is 8.20. The summed E-state index contributed by atoms with van der Waals surface area (Å²) >= 11 is 19.7. The van der Waals surface area contributed by atoms with Gasteiger partial charge in [0.15, 0.2) is 17.5 Å². The highest BCUT2D eigenvalue weighted by Crippen LogP contribution is 2.42. The first-order valence-corrected chi connectivity index (χ1v) is 14.5. The lowest BCUT2D eigenvalue weighted by molar-refractivity contribution is -0.150. The number of rotatable bonds is 11. The van der Waals surface area contributed by atoms with Gasteiger partial charge in [0.2, 0.25) is 5.91 Å². The number of ether oxygens (including phenoxy) is 2. The number of benzene rings is 2. The van der Waals surface area contributed by atoms with Crippen molar-refractivity contribution in [3.05, 3.63) is 62.7 Å². The molecule has 2 unspecified atom stereocenters. The molecule has 4 rings (SSSR count). The maximum atomic E-state index is 13.0. The van der Waals surface area contributed by atoms with Gasteiger partial charge in [-0.3, -0.25) is 19.9 Å². The highest BCUT2D eigenvalue weighted by atomic mass is 35.5. The lowest BCUT2D eigenvalue weighted by Crippen LogP contribution is -2.70. The summed E-state index contributed by atoms with van der Waals surface area (Å²) in [4.78, 5) is 38.9. The summed E-state index contributed by atoms with van der Waals surface area (Å²) < 4.78 is 11.8. The number of thioether (sulfide) groups is 1. The zero-order valence-corrected chi connectivity index (χ0v) is 24.7. The van der Waals surface area contributed by atoms with Crippen LogP contribution in [0.25, 0.3) is 0 Å². The number of β-lactam (4-membered cyclic amide) rings is 1. The van der Waals surface area contributed by atoms with Crippen molar-refractivity contribution >= 4 is 70.3 Å². The summed E-state index contributed by atoms with van der Waals surface area (Å²) in [6.07, 6.45) is 0.542. The fourth-order valence-electron chi connectivity index (χ4n) is 4.29. The first kappa shape index (κ1) is 30.6. The minimum Gasteiger partial charge on any atom is -0.485 e. The van der Waals surface area contributed by atoms with E-state index in [1.807, 2.05) is 6.92 Å². The van der Waals surface area contributed by atoms with Gasteiger partial charge < -0.3 is 30.9 Å². The van der Waals surface area contributed by atoms with E-state index in [2.05, 4.69) is 10.6 Å². The largest absolute Gasteiger partial charge is 0.485 e. The molecule has 2 aromatic rings. The molecule has 2 aliphatic rings. The van der Waals surface area contributed by atoms with Gasteiger partial charge >= 0.3 is 5.97 Å². The predicted molar refractivity (Wildman–Crippen MR) is 157 cm³/mol. The number of aliphatic carboxylic acids is 1. The molecule has 0 radical (unpaired) electrons. The third kappa shape index (κ3) is 7.13. The van der Waals surface area contributed by atoms with Gasteiger partial charge in [0.05, 0.1) is 5.02 Å². The van der Waals surface area contributed by atoms with Crippen molar-refractivity contribution in [3.8, 4) is 17.2 Å². The summed E-state index contributed by atoms with van der Waals surface area (Å²) in [6.45, 7) is 1.67. The number of carbonyl (C=O) groups excluding carboxylic acids is 2. The second kappa shape index (κ2) is 13.1. The van der Waals surface area contributed by atoms with E-state index in [1.165, 1.54) is 23.9 Å². The van der Waals surface area contributed by atoms with E-state index < -0.39 is 29.2 Å². The first-order chi connectivity index (χ1) is 19.5. The summed E-state index contributed by atoms with van der Waals surface area (Å²) in [5.74, 6) is -1.41. The first-order valence-electron chi connectivity index (χ1n) is 12.3. The van der Waals surface area contributed by atoms with Crippen LogP contribution < -0.4 is 25.8 Å². The molecular weight excluding hydrogens is 617 g/mol. The van der Waals surface area contributed by atoms with E-state index >= 15 is 0 Å². The minimum absolute atomic E-state index is 0.00321. The number of carboxylic acids is 1. The topological polar surface area (TPSA) is 167 Å². The molecule has 6 N–H and O–H groups in total. The van der Waals surface area contributed by atoms with Crippen molar-refractivity contribution in [2.45, 2.75) is 37.2 Å². The van der Waals surface area contributed by atoms with Crippen molar-refractivity contribution in [1.82, 2.24) is 15.5 Å². The Morgan fingerprint density at radius 2 is 1.85 bits per heavy atom. The summed E-state index contributed by atoms with van der Waals surface area (Å²) in [5.41, 5.74) is 5.52. The quantitative estimate of drug-likeness (QED) is 0.137. The van der Waals surface area contributed by atoms with Crippen LogP contribution in [-0.4, -0.2) is 63.6 Å². The van der Waals surface area contributed by atoms with Crippen molar-refractivity contribution in [3.63, 3.8) is 0 Å². The Morgan fingerprint density at radius 3 is 2.49 bits per heavy atom. The van der Waals surface area contributed by atoms with E-state index in [-0.39, 0.29) is 53.0 Å². The van der Waals surface area contributed by atoms with Gasteiger partial charge in [-0.1, -0.05) is 41.7 Å². The molecule has 0 aromatic heterocycles. The van der Waals surface area contributed by atoms with E-state index in [9.17, 15) is 19.5 Å². The van der Waals surface area contributed by atoms with Crippen LogP contribution in [0.15, 0.2) is 47.7 Å². The molecule has 15 heteroatoms. The van der Waals surface area contributed by atoms with E-state index in [0.717, 1.165) is 4.90 Å². The number of halogens is 3. The Bertz CT molecular complexity index is 1420. The predicted octanol–water partition coefficient (Wildman–Crippen LogP) is 4.21. The average Bonchev–Trinajstić information content (AvgIpc) is 2.91. The third-order valence-electron chi connectivity index (χ3n) is 6.27. The Morgan fingerprint density at radius 1 is 1.17 bits per heavy atom. The summed E-state index contributed by atoms with van der Waals surface area (Å²) in [5, 5.41) is 23.2. The number of amides is 2. The molecule has 0 aliphatic carbocycles. The second-order valence-corrected chi connectivity index (χ2v) is 11.5. The number of carbonyl (C=O) groups is 3. The van der Waals surface area contributed by atoms with Crippen LogP contribution in [0.4, 0.5) is 0 Å². The van der Waals surface area contributed by atoms with Crippen LogP contribution >= 0.6 is 46.6 Å². The SMILES string of the molecule is CCC(CC(=O)NC1C(=O)N2C(C(=O)O)=C(COc3cc(Cl)ccc3Oc3ccc(Cl)cc3Cl)CS[C@H]12)NC(=N)N. The molecule has 1 saturated heterocycles. The molecule has 2 aromatic carbocycles. The van der Waals surface area contributed by atoms with Crippen LogP contribution in [0.5, 0.6) is 17.2 Å². The number of nitrogens with two attached hydrogens (primary N) is 1. The fourth-order valence-corrected chi connectivity index (χ4v) is 6.22. The van der Waals surface area contributed by atoms with Gasteiger partial charge in [0.25, 0.3) is 5.91 Å². The monoisotopic (exact) mass is 641 g/mol. The maximum Gasteiger partial charge on any atom is 0.352 e. The Labute approximate surface area is 254 Å². The van der Waals surface area contributed by atoms with Crippen LogP contribution in [0.3, 0.4) is 0 Å². The molecular formula is C26H26Cl3N5O6S.